The topological polar surface area (TPSA) is 75.4 Å². The molecule has 0 saturated carbocycles. The summed E-state index contributed by atoms with van der Waals surface area (Å²) >= 11 is 0. The maximum Gasteiger partial charge on any atom is 0.276 e. The predicted molar refractivity (Wildman–Crippen MR) is 108 cm³/mol. The predicted octanol–water partition coefficient (Wildman–Crippen LogP) is 3.50. The third-order valence-corrected chi connectivity index (χ3v) is 6.31. The molecule has 3 atom stereocenters. The molecule has 2 aromatic carbocycles. The van der Waals surface area contributed by atoms with Gasteiger partial charge in [0.2, 0.25) is 5.43 Å². The van der Waals surface area contributed by atoms with E-state index in [1.807, 2.05) is 0 Å². The largest absolute Gasteiger partial charge is 0.502 e. The van der Waals surface area contributed by atoms with Crippen molar-refractivity contribution in [3.63, 3.8) is 0 Å². The van der Waals surface area contributed by atoms with Crippen molar-refractivity contribution in [2.75, 3.05) is 6.54 Å². The van der Waals surface area contributed by atoms with E-state index < -0.39 is 58.4 Å². The summed E-state index contributed by atoms with van der Waals surface area (Å²) in [4.78, 5) is 26.6. The number of hydrogen-bond donors (Lipinski definition) is 1. The summed E-state index contributed by atoms with van der Waals surface area (Å²) in [5.74, 6) is -6.36. The Morgan fingerprint density at radius 3 is 2.39 bits per heavy atom. The van der Waals surface area contributed by atoms with Crippen LogP contribution in [0.4, 0.5) is 17.6 Å². The first-order valence-corrected chi connectivity index (χ1v) is 10.3. The van der Waals surface area contributed by atoms with Gasteiger partial charge in [0, 0.05) is 18.5 Å². The van der Waals surface area contributed by atoms with Gasteiger partial charge < -0.3 is 10.0 Å². The van der Waals surface area contributed by atoms with Crippen LogP contribution >= 0.6 is 0 Å². The molecule has 1 saturated heterocycles. The molecule has 0 radical (unpaired) electrons. The smallest absolute Gasteiger partial charge is 0.276 e. The van der Waals surface area contributed by atoms with E-state index in [4.69, 9.17) is 0 Å². The number of carbonyl (C=O) groups excluding carboxylic acids is 1. The molecular weight excluding hydrogens is 442 g/mol. The highest BCUT2D eigenvalue weighted by Gasteiger charge is 2.48. The van der Waals surface area contributed by atoms with Crippen LogP contribution in [0.25, 0.3) is 0 Å². The van der Waals surface area contributed by atoms with Gasteiger partial charge in [-0.25, -0.2) is 17.6 Å². The third kappa shape index (κ3) is 3.37. The summed E-state index contributed by atoms with van der Waals surface area (Å²) < 4.78 is 57.5. The van der Waals surface area contributed by atoms with Crippen molar-refractivity contribution in [2.45, 2.75) is 30.8 Å². The second-order valence-electron chi connectivity index (χ2n) is 8.20. The molecular formula is C23H17F4N3O3. The lowest BCUT2D eigenvalue weighted by atomic mass is 9.79. The molecule has 5 rings (SSSR count). The Hall–Kier alpha value is -3.69. The lowest BCUT2D eigenvalue weighted by Gasteiger charge is -2.42. The Morgan fingerprint density at radius 2 is 1.70 bits per heavy atom. The van der Waals surface area contributed by atoms with E-state index in [1.54, 1.807) is 0 Å². The molecule has 33 heavy (non-hydrogen) atoms. The van der Waals surface area contributed by atoms with Crippen molar-refractivity contribution in [3.05, 3.63) is 92.9 Å². The lowest BCUT2D eigenvalue weighted by molar-refractivity contribution is 0.0564. The first-order valence-electron chi connectivity index (χ1n) is 10.3. The molecule has 10 heteroatoms. The Kier molecular flexibility index (Phi) is 4.95. The zero-order valence-electron chi connectivity index (χ0n) is 17.0. The third-order valence-electron chi connectivity index (χ3n) is 6.31. The molecule has 1 N–H and O–H groups in total. The van der Waals surface area contributed by atoms with E-state index >= 15 is 0 Å². The van der Waals surface area contributed by atoms with Gasteiger partial charge in [-0.2, -0.15) is 5.10 Å². The molecule has 3 heterocycles. The van der Waals surface area contributed by atoms with E-state index in [9.17, 15) is 32.3 Å². The highest BCUT2D eigenvalue weighted by molar-refractivity contribution is 5.96. The first kappa shape index (κ1) is 21.2. The summed E-state index contributed by atoms with van der Waals surface area (Å²) in [7, 11) is 0. The number of benzene rings is 2. The zero-order chi connectivity index (χ0) is 23.4. The van der Waals surface area contributed by atoms with E-state index in [0.717, 1.165) is 30.5 Å². The fourth-order valence-corrected chi connectivity index (χ4v) is 4.99. The molecule has 3 aromatic rings. The van der Waals surface area contributed by atoms with Gasteiger partial charge in [0.1, 0.15) is 11.6 Å². The molecule has 2 aliphatic rings. The van der Waals surface area contributed by atoms with E-state index in [0.29, 0.717) is 25.5 Å². The highest BCUT2D eigenvalue weighted by atomic mass is 19.2. The van der Waals surface area contributed by atoms with Crippen molar-refractivity contribution in [1.82, 2.24) is 14.7 Å². The van der Waals surface area contributed by atoms with Crippen LogP contribution < -0.4 is 5.43 Å². The standard InChI is InChI=1S/C23H17F4N3O3/c24-13-6-12(7-14(25)9-13)19(11-3-4-15(26)16(27)8-11)20-17-2-1-5-29(17)23(33)21-22(32)18(31)10-28-30(20)21/h3-4,6-10,17,19-20,32H,1-2,5H2/t17-,19-,20-/m1/s1. The molecule has 0 spiro atoms. The highest BCUT2D eigenvalue weighted by Crippen LogP contribution is 2.46. The molecule has 1 amide bonds. The number of halogens is 4. The minimum atomic E-state index is -1.15. The Balaban J connectivity index is 1.81. The summed E-state index contributed by atoms with van der Waals surface area (Å²) in [6.45, 7) is 0.338. The molecule has 0 unspecified atom stereocenters. The number of nitrogens with zero attached hydrogens (tertiary/aromatic N) is 3. The Labute approximate surface area is 184 Å². The minimum Gasteiger partial charge on any atom is -0.502 e. The van der Waals surface area contributed by atoms with Gasteiger partial charge in [-0.15, -0.1) is 0 Å². The Bertz CT molecular complexity index is 1320. The second-order valence-corrected chi connectivity index (χ2v) is 8.20. The van der Waals surface area contributed by atoms with Crippen LogP contribution in [0.1, 0.15) is 46.4 Å². The van der Waals surface area contributed by atoms with Crippen LogP contribution in [0.3, 0.4) is 0 Å². The maximum atomic E-state index is 14.2. The summed E-state index contributed by atoms with van der Waals surface area (Å²) in [5, 5.41) is 14.5. The fraction of sp³-hybridized carbons (Fsp3) is 0.261. The average molecular weight is 459 g/mol. The SMILES string of the molecule is O=C1c2c(O)c(=O)cnn2[C@@H]([C@@H](c2cc(F)cc(F)c2)c2ccc(F)c(F)c2)[C@H]2CCCN12. The normalized spacial score (nSPS) is 20.5. The molecule has 170 valence electrons. The average Bonchev–Trinajstić information content (AvgIpc) is 3.25. The van der Waals surface area contributed by atoms with Crippen molar-refractivity contribution >= 4 is 5.91 Å². The molecule has 2 aliphatic heterocycles. The van der Waals surface area contributed by atoms with Crippen LogP contribution in [0.2, 0.25) is 0 Å². The van der Waals surface area contributed by atoms with Gasteiger partial charge in [0.25, 0.3) is 5.91 Å². The quantitative estimate of drug-likeness (QED) is 0.609. The molecule has 0 bridgehead atoms. The number of carbonyl (C=O) groups is 1. The van der Waals surface area contributed by atoms with E-state index in [1.165, 1.54) is 15.6 Å². The molecule has 1 aromatic heterocycles. The maximum absolute atomic E-state index is 14.2. The number of aromatic hydroxyl groups is 1. The number of amides is 1. The molecule has 6 nitrogen and oxygen atoms in total. The Morgan fingerprint density at radius 1 is 0.970 bits per heavy atom. The van der Waals surface area contributed by atoms with Crippen LogP contribution in [0.5, 0.6) is 5.75 Å². The second kappa shape index (κ2) is 7.72. The van der Waals surface area contributed by atoms with Gasteiger partial charge in [-0.1, -0.05) is 6.07 Å². The van der Waals surface area contributed by atoms with Crippen molar-refractivity contribution in [3.8, 4) is 5.75 Å². The van der Waals surface area contributed by atoms with E-state index in [-0.39, 0.29) is 16.8 Å². The van der Waals surface area contributed by atoms with Gasteiger partial charge in [0.15, 0.2) is 23.1 Å². The number of hydrogen-bond acceptors (Lipinski definition) is 4. The van der Waals surface area contributed by atoms with Crippen LogP contribution in [-0.2, 0) is 0 Å². The molecule has 1 fully saturated rings. The van der Waals surface area contributed by atoms with Gasteiger partial charge in [-0.05, 0) is 48.2 Å². The van der Waals surface area contributed by atoms with Crippen molar-refractivity contribution in [1.29, 1.82) is 0 Å². The van der Waals surface area contributed by atoms with E-state index in [2.05, 4.69) is 5.10 Å². The van der Waals surface area contributed by atoms with Crippen LogP contribution in [0.15, 0.2) is 47.4 Å². The van der Waals surface area contributed by atoms with Crippen LogP contribution in [0, 0.1) is 23.3 Å². The fourth-order valence-electron chi connectivity index (χ4n) is 4.99. The van der Waals surface area contributed by atoms with Crippen molar-refractivity contribution in [2.24, 2.45) is 0 Å². The first-order chi connectivity index (χ1) is 15.8. The number of fused-ring (bicyclic) bond motifs is 2. The van der Waals surface area contributed by atoms with Gasteiger partial charge in [0.05, 0.1) is 18.3 Å². The lowest BCUT2D eigenvalue weighted by Crippen LogP contribution is -2.50. The molecule has 0 aliphatic carbocycles. The number of rotatable bonds is 3. The number of aromatic nitrogens is 2. The minimum absolute atomic E-state index is 0.107. The summed E-state index contributed by atoms with van der Waals surface area (Å²) in [6.07, 6.45) is 1.95. The van der Waals surface area contributed by atoms with Crippen LogP contribution in [-0.4, -0.2) is 38.3 Å². The summed E-state index contributed by atoms with van der Waals surface area (Å²) in [6, 6.07) is 4.59. The van der Waals surface area contributed by atoms with Gasteiger partial charge >= 0.3 is 0 Å². The zero-order valence-corrected chi connectivity index (χ0v) is 17.0. The van der Waals surface area contributed by atoms with Gasteiger partial charge in [-0.3, -0.25) is 14.3 Å². The summed E-state index contributed by atoms with van der Waals surface area (Å²) in [5.41, 5.74) is -0.908. The van der Waals surface area contributed by atoms with Crippen molar-refractivity contribution < 1.29 is 27.5 Å². The monoisotopic (exact) mass is 459 g/mol.